The molecule has 114 valence electrons. The zero-order valence-corrected chi connectivity index (χ0v) is 13.8. The van der Waals surface area contributed by atoms with Crippen molar-refractivity contribution in [3.8, 4) is 0 Å². The Morgan fingerprint density at radius 2 is 1.95 bits per heavy atom. The van der Waals surface area contributed by atoms with Crippen molar-refractivity contribution in [1.82, 2.24) is 10.2 Å². The van der Waals surface area contributed by atoms with Crippen molar-refractivity contribution in [2.24, 2.45) is 11.8 Å². The lowest BCUT2D eigenvalue weighted by Crippen LogP contribution is -2.45. The van der Waals surface area contributed by atoms with Gasteiger partial charge in [0.25, 0.3) is 0 Å². The third-order valence-electron chi connectivity index (χ3n) is 3.84. The van der Waals surface area contributed by atoms with E-state index in [9.17, 15) is 4.79 Å². The summed E-state index contributed by atoms with van der Waals surface area (Å²) in [6, 6.07) is 0.472. The number of rotatable bonds is 5. The van der Waals surface area contributed by atoms with E-state index >= 15 is 0 Å². The first-order valence-corrected chi connectivity index (χ1v) is 7.51. The van der Waals surface area contributed by atoms with E-state index in [1.807, 2.05) is 14.0 Å². The van der Waals surface area contributed by atoms with Crippen LogP contribution in [0.2, 0.25) is 0 Å². The molecule has 1 rings (SSSR count). The maximum atomic E-state index is 12.5. The van der Waals surface area contributed by atoms with Gasteiger partial charge in [-0.2, -0.15) is 0 Å². The molecule has 1 saturated heterocycles. The monoisotopic (exact) mass is 290 g/mol. The van der Waals surface area contributed by atoms with Crippen LogP contribution in [0.3, 0.4) is 0 Å². The van der Waals surface area contributed by atoms with Crippen LogP contribution in [0.1, 0.15) is 52.9 Å². The van der Waals surface area contributed by atoms with Gasteiger partial charge in [-0.25, -0.2) is 0 Å². The first-order chi connectivity index (χ1) is 8.56. The molecule has 1 heterocycles. The van der Waals surface area contributed by atoms with Gasteiger partial charge >= 0.3 is 0 Å². The van der Waals surface area contributed by atoms with E-state index in [4.69, 9.17) is 0 Å². The molecule has 1 amide bonds. The third-order valence-corrected chi connectivity index (χ3v) is 3.84. The van der Waals surface area contributed by atoms with Gasteiger partial charge in [-0.05, 0) is 32.2 Å². The minimum atomic E-state index is 0. The number of hydrogen-bond donors (Lipinski definition) is 1. The molecule has 0 aliphatic carbocycles. The summed E-state index contributed by atoms with van der Waals surface area (Å²) < 4.78 is 0. The van der Waals surface area contributed by atoms with Gasteiger partial charge in [0.1, 0.15) is 0 Å². The zero-order valence-electron chi connectivity index (χ0n) is 12.9. The molecule has 3 nitrogen and oxygen atoms in total. The van der Waals surface area contributed by atoms with Crippen molar-refractivity contribution in [2.45, 2.75) is 58.9 Å². The lowest BCUT2D eigenvalue weighted by atomic mass is 9.97. The minimum Gasteiger partial charge on any atom is -0.339 e. The Kier molecular flexibility index (Phi) is 9.46. The van der Waals surface area contributed by atoms with Crippen LogP contribution in [0, 0.1) is 11.8 Å². The van der Waals surface area contributed by atoms with Crippen LogP contribution < -0.4 is 5.32 Å². The Morgan fingerprint density at radius 1 is 1.26 bits per heavy atom. The summed E-state index contributed by atoms with van der Waals surface area (Å²) in [7, 11) is 1.91. The van der Waals surface area contributed by atoms with Crippen molar-refractivity contribution >= 4 is 18.3 Å². The van der Waals surface area contributed by atoms with E-state index in [0.717, 1.165) is 19.5 Å². The van der Waals surface area contributed by atoms with Gasteiger partial charge in [-0.15, -0.1) is 12.4 Å². The van der Waals surface area contributed by atoms with E-state index in [0.29, 0.717) is 17.9 Å². The standard InChI is InChI=1S/C15H30N2O.ClH/c1-12(2)10-14-8-6-5-7-9-17(14)15(18)13(3)11-16-4;/h12-14,16H,5-11H2,1-4H3;1H. The predicted octanol–water partition coefficient (Wildman–Crippen LogP) is 3.08. The smallest absolute Gasteiger partial charge is 0.226 e. The number of hydrogen-bond acceptors (Lipinski definition) is 2. The summed E-state index contributed by atoms with van der Waals surface area (Å²) in [5, 5.41) is 3.11. The van der Waals surface area contributed by atoms with Gasteiger partial charge in [0, 0.05) is 25.0 Å². The fourth-order valence-electron chi connectivity index (χ4n) is 2.93. The van der Waals surface area contributed by atoms with Gasteiger partial charge in [0.2, 0.25) is 5.91 Å². The van der Waals surface area contributed by atoms with E-state index < -0.39 is 0 Å². The highest BCUT2D eigenvalue weighted by atomic mass is 35.5. The summed E-state index contributed by atoms with van der Waals surface area (Å²) in [6.07, 6.45) is 6.07. The molecule has 0 radical (unpaired) electrons. The molecule has 2 unspecified atom stereocenters. The molecule has 0 saturated carbocycles. The molecular weight excluding hydrogens is 260 g/mol. The maximum absolute atomic E-state index is 12.5. The molecule has 0 aromatic heterocycles. The summed E-state index contributed by atoms with van der Waals surface area (Å²) in [5.74, 6) is 1.11. The topological polar surface area (TPSA) is 32.3 Å². The van der Waals surface area contributed by atoms with E-state index in [2.05, 4.69) is 24.1 Å². The fourth-order valence-corrected chi connectivity index (χ4v) is 2.93. The van der Waals surface area contributed by atoms with Crippen molar-refractivity contribution in [2.75, 3.05) is 20.1 Å². The largest absolute Gasteiger partial charge is 0.339 e. The Balaban J connectivity index is 0.00000324. The van der Waals surface area contributed by atoms with Gasteiger partial charge in [-0.3, -0.25) is 4.79 Å². The Labute approximate surface area is 124 Å². The van der Waals surface area contributed by atoms with Gasteiger partial charge in [0.05, 0.1) is 0 Å². The van der Waals surface area contributed by atoms with Crippen LogP contribution in [0.5, 0.6) is 0 Å². The van der Waals surface area contributed by atoms with Crippen LogP contribution in [-0.2, 0) is 4.79 Å². The van der Waals surface area contributed by atoms with Gasteiger partial charge in [-0.1, -0.05) is 33.6 Å². The maximum Gasteiger partial charge on any atom is 0.226 e. The number of carbonyl (C=O) groups excluding carboxylic acids is 1. The number of nitrogens with zero attached hydrogens (tertiary/aromatic N) is 1. The van der Waals surface area contributed by atoms with Crippen LogP contribution in [-0.4, -0.2) is 37.0 Å². The number of halogens is 1. The van der Waals surface area contributed by atoms with Gasteiger partial charge in [0.15, 0.2) is 0 Å². The summed E-state index contributed by atoms with van der Waals surface area (Å²) in [5.41, 5.74) is 0. The molecule has 1 N–H and O–H groups in total. The number of nitrogens with one attached hydrogen (secondary N) is 1. The van der Waals surface area contributed by atoms with Gasteiger partial charge < -0.3 is 10.2 Å². The molecule has 0 aromatic carbocycles. The van der Waals surface area contributed by atoms with Crippen molar-refractivity contribution in [3.05, 3.63) is 0 Å². The van der Waals surface area contributed by atoms with Crippen molar-refractivity contribution in [3.63, 3.8) is 0 Å². The number of carbonyl (C=O) groups is 1. The van der Waals surface area contributed by atoms with E-state index in [1.165, 1.54) is 25.7 Å². The second-order valence-electron chi connectivity index (χ2n) is 6.12. The summed E-state index contributed by atoms with van der Waals surface area (Å²) in [6.45, 7) is 8.29. The summed E-state index contributed by atoms with van der Waals surface area (Å²) in [4.78, 5) is 14.7. The zero-order chi connectivity index (χ0) is 13.5. The second kappa shape index (κ2) is 9.60. The highest BCUT2D eigenvalue weighted by molar-refractivity contribution is 5.85. The number of likely N-dealkylation sites (tertiary alicyclic amines) is 1. The van der Waals surface area contributed by atoms with Crippen LogP contribution >= 0.6 is 12.4 Å². The Hall–Kier alpha value is -0.280. The third kappa shape index (κ3) is 6.13. The molecule has 1 fully saturated rings. The van der Waals surface area contributed by atoms with Crippen molar-refractivity contribution in [1.29, 1.82) is 0 Å². The highest BCUT2D eigenvalue weighted by Gasteiger charge is 2.28. The molecule has 2 atom stereocenters. The second-order valence-corrected chi connectivity index (χ2v) is 6.12. The Morgan fingerprint density at radius 3 is 2.53 bits per heavy atom. The lowest BCUT2D eigenvalue weighted by molar-refractivity contribution is -0.137. The molecule has 1 aliphatic rings. The van der Waals surface area contributed by atoms with E-state index in [1.54, 1.807) is 0 Å². The van der Waals surface area contributed by atoms with E-state index in [-0.39, 0.29) is 18.3 Å². The average molecular weight is 291 g/mol. The van der Waals surface area contributed by atoms with Crippen molar-refractivity contribution < 1.29 is 4.79 Å². The molecule has 0 spiro atoms. The molecule has 1 aliphatic heterocycles. The number of amides is 1. The van der Waals surface area contributed by atoms with Crippen LogP contribution in [0.15, 0.2) is 0 Å². The molecule has 19 heavy (non-hydrogen) atoms. The average Bonchev–Trinajstić information content (AvgIpc) is 2.53. The fraction of sp³-hybridized carbons (Fsp3) is 0.933. The van der Waals surface area contributed by atoms with Crippen LogP contribution in [0.25, 0.3) is 0 Å². The minimum absolute atomic E-state index is 0. The Bertz CT molecular complexity index is 259. The SMILES string of the molecule is CNCC(C)C(=O)N1CCCCCC1CC(C)C.Cl. The lowest BCUT2D eigenvalue weighted by Gasteiger charge is -2.33. The first kappa shape index (κ1) is 18.7. The molecule has 0 aromatic rings. The molecule has 4 heteroatoms. The molecular formula is C15H31ClN2O. The summed E-state index contributed by atoms with van der Waals surface area (Å²) >= 11 is 0. The quantitative estimate of drug-likeness (QED) is 0.844. The van der Waals surface area contributed by atoms with Crippen LogP contribution in [0.4, 0.5) is 0 Å². The highest BCUT2D eigenvalue weighted by Crippen LogP contribution is 2.23. The predicted molar refractivity (Wildman–Crippen MR) is 83.8 cm³/mol. The normalized spacial score (nSPS) is 21.7. The first-order valence-electron chi connectivity index (χ1n) is 7.51. The molecule has 0 bridgehead atoms.